The molecule has 486 valence electrons. The molecule has 0 fully saturated rings. The Balaban J connectivity index is 0.000000493. The van der Waals surface area contributed by atoms with Crippen LogP contribution < -0.4 is 10.4 Å². The molecule has 0 saturated heterocycles. The van der Waals surface area contributed by atoms with Crippen molar-refractivity contribution in [3.05, 3.63) is 131 Å². The summed E-state index contributed by atoms with van der Waals surface area (Å²) >= 11 is 0. The van der Waals surface area contributed by atoms with Crippen molar-refractivity contribution in [3.8, 4) is 12.1 Å². The van der Waals surface area contributed by atoms with Gasteiger partial charge in [0.05, 0.1) is 62.9 Å². The molecule has 0 amide bonds. The van der Waals surface area contributed by atoms with Crippen LogP contribution >= 0.6 is 0 Å². The predicted molar refractivity (Wildman–Crippen MR) is 360 cm³/mol. The first-order valence-corrected chi connectivity index (χ1v) is 36.5. The van der Waals surface area contributed by atoms with Gasteiger partial charge >= 0.3 is 0 Å². The molecular weight excluding hydrogens is 1100 g/mol. The van der Waals surface area contributed by atoms with Crippen molar-refractivity contribution >= 4 is 18.7 Å². The topological polar surface area (TPSA) is 114 Å². The van der Waals surface area contributed by atoms with Crippen LogP contribution in [0.3, 0.4) is 0 Å². The molecule has 0 saturated carbocycles. The van der Waals surface area contributed by atoms with Gasteiger partial charge in [-0.2, -0.15) is 10.5 Å². The van der Waals surface area contributed by atoms with Crippen LogP contribution in [0.4, 0.5) is 8.78 Å². The van der Waals surface area contributed by atoms with Crippen LogP contribution in [0.25, 0.3) is 0 Å². The third kappa shape index (κ3) is 35.6. The molecule has 4 rings (SSSR count). The fraction of sp³-hybridized carbons (Fsp3) is 0.658. The summed E-state index contributed by atoms with van der Waals surface area (Å²) in [7, 11) is -2.78. The molecule has 87 heavy (non-hydrogen) atoms. The molecule has 4 aromatic carbocycles. The van der Waals surface area contributed by atoms with Gasteiger partial charge in [0.2, 0.25) is 0 Å². The Morgan fingerprint density at radius 2 is 0.736 bits per heavy atom. The number of unbranched alkanes of at least 4 members (excludes halogenated alkanes) is 32. The largest absolute Gasteiger partial charge is 0.405 e. The van der Waals surface area contributed by atoms with E-state index in [2.05, 4.69) is 83.1 Å². The summed E-state index contributed by atoms with van der Waals surface area (Å²) in [5.41, 5.74) is 1.75. The first kappa shape index (κ1) is 76.9. The van der Waals surface area contributed by atoms with Crippen molar-refractivity contribution in [2.45, 2.75) is 283 Å². The minimum absolute atomic E-state index is 0.139. The maximum Gasteiger partial charge on any atom is 0.261 e. The van der Waals surface area contributed by atoms with Gasteiger partial charge in [-0.1, -0.05) is 301 Å². The summed E-state index contributed by atoms with van der Waals surface area (Å²) in [5, 5.41) is 30.0. The van der Waals surface area contributed by atoms with Crippen LogP contribution in [0.1, 0.15) is 275 Å². The smallest absolute Gasteiger partial charge is 0.261 e. The third-order valence-corrected chi connectivity index (χ3v) is 21.6. The molecule has 8 nitrogen and oxygen atoms in total. The second-order valence-electron chi connectivity index (χ2n) is 25.4. The Labute approximate surface area is 530 Å². The standard InChI is InChI=1S/C46H68FNO3Si.C30H50FNO3/c1-5-6-7-8-9-10-11-12-13-14-15-16-17-18-19-20-27-32-49-38-43(50-37-41-33-40(36-48)34-42(47)35-41)39-51-52(46(2,3)4,44-28-23-21-24-29-44)45-30-25-22-26-31-45;1-2-3-4-5-6-7-8-9-10-11-12-13-14-15-16-17-18-19-34-26-30(24-33)35-25-28-20-27(23-32)21-29(31)22-28/h21-26,28-31,33-35,43H,5-20,27,32,37-39H2,1-4H3;20-22,30,33H,2-19,24-26H2,1H3/t43-;30-/m10/s1. The molecule has 0 aliphatic carbocycles. The molecule has 0 aliphatic heterocycles. The van der Waals surface area contributed by atoms with Crippen LogP contribution in [0.15, 0.2) is 97.1 Å². The van der Waals surface area contributed by atoms with Gasteiger partial charge in [-0.15, -0.1) is 0 Å². The van der Waals surface area contributed by atoms with Gasteiger partial charge in [-0.3, -0.25) is 0 Å². The van der Waals surface area contributed by atoms with Crippen molar-refractivity contribution in [2.24, 2.45) is 0 Å². The molecule has 11 heteroatoms. The van der Waals surface area contributed by atoms with Crippen LogP contribution in [-0.2, 0) is 36.6 Å². The zero-order valence-corrected chi connectivity index (χ0v) is 56.2. The molecule has 0 heterocycles. The van der Waals surface area contributed by atoms with Crippen molar-refractivity contribution in [3.63, 3.8) is 0 Å². The highest BCUT2D eigenvalue weighted by molar-refractivity contribution is 6.99. The van der Waals surface area contributed by atoms with Crippen molar-refractivity contribution < 1.29 is 37.3 Å². The maximum absolute atomic E-state index is 14.2. The molecule has 0 bridgehead atoms. The number of benzene rings is 4. The highest BCUT2D eigenvalue weighted by atomic mass is 28.4. The minimum atomic E-state index is -2.78. The number of aliphatic hydroxyl groups excluding tert-OH is 1. The van der Waals surface area contributed by atoms with E-state index in [4.69, 9.17) is 28.6 Å². The minimum Gasteiger partial charge on any atom is -0.405 e. The number of halogens is 2. The third-order valence-electron chi connectivity index (χ3n) is 16.6. The lowest BCUT2D eigenvalue weighted by atomic mass is 10.0. The molecule has 2 atom stereocenters. The molecule has 0 unspecified atom stereocenters. The summed E-state index contributed by atoms with van der Waals surface area (Å²) in [6.07, 6.45) is 45.0. The first-order valence-electron chi connectivity index (χ1n) is 34.6. The van der Waals surface area contributed by atoms with E-state index in [-0.39, 0.29) is 42.1 Å². The summed E-state index contributed by atoms with van der Waals surface area (Å²) < 4.78 is 58.8. The van der Waals surface area contributed by atoms with Crippen molar-refractivity contribution in [1.29, 1.82) is 10.5 Å². The van der Waals surface area contributed by atoms with E-state index in [0.717, 1.165) is 12.8 Å². The number of hydrogen-bond acceptors (Lipinski definition) is 8. The van der Waals surface area contributed by atoms with Gasteiger partial charge in [0, 0.05) is 13.2 Å². The lowest BCUT2D eigenvalue weighted by molar-refractivity contribution is -0.0503. The second kappa shape index (κ2) is 50.4. The van der Waals surface area contributed by atoms with E-state index >= 15 is 0 Å². The van der Waals surface area contributed by atoms with E-state index < -0.39 is 26.1 Å². The summed E-state index contributed by atoms with van der Waals surface area (Å²) in [6, 6.07) is 33.6. The van der Waals surface area contributed by atoms with E-state index in [1.807, 2.05) is 24.3 Å². The van der Waals surface area contributed by atoms with E-state index in [0.29, 0.717) is 44.2 Å². The summed E-state index contributed by atoms with van der Waals surface area (Å²) in [4.78, 5) is 0. The van der Waals surface area contributed by atoms with Crippen molar-refractivity contribution in [1.82, 2.24) is 0 Å². The molecule has 0 aromatic heterocycles. The molecule has 4 aromatic rings. The summed E-state index contributed by atoms with van der Waals surface area (Å²) in [5.74, 6) is -0.897. The highest BCUT2D eigenvalue weighted by Gasteiger charge is 2.50. The van der Waals surface area contributed by atoms with Gasteiger partial charge < -0.3 is 28.5 Å². The lowest BCUT2D eigenvalue weighted by Crippen LogP contribution is -2.67. The fourth-order valence-corrected chi connectivity index (χ4v) is 16.2. The monoisotopic (exact) mass is 1220 g/mol. The Hall–Kier alpha value is -4.30. The Kier molecular flexibility index (Phi) is 44.6. The van der Waals surface area contributed by atoms with Crippen LogP contribution in [-0.4, -0.2) is 65.3 Å². The first-order chi connectivity index (χ1) is 42.5. The zero-order valence-electron chi connectivity index (χ0n) is 55.2. The molecule has 0 aliphatic rings. The van der Waals surface area contributed by atoms with Gasteiger partial charge in [0.1, 0.15) is 23.8 Å². The Morgan fingerprint density at radius 1 is 0.425 bits per heavy atom. The number of nitriles is 2. The summed E-state index contributed by atoms with van der Waals surface area (Å²) in [6.45, 7) is 13.9. The van der Waals surface area contributed by atoms with Gasteiger partial charge in [-0.25, -0.2) is 8.78 Å². The number of aliphatic hydroxyl groups is 1. The fourth-order valence-electron chi connectivity index (χ4n) is 11.6. The molecular formula is C76H118F2N2O6Si. The van der Waals surface area contributed by atoms with Crippen LogP contribution in [0.2, 0.25) is 5.04 Å². The number of hydrogen-bond donors (Lipinski definition) is 1. The number of ether oxygens (including phenoxy) is 4. The van der Waals surface area contributed by atoms with E-state index in [1.165, 1.54) is 240 Å². The normalized spacial score (nSPS) is 12.3. The SMILES string of the molecule is CCCCCCCCCCCCCCCCCCCOC[C@H](CO)OCc1cc(F)cc(C#N)c1.CCCCCCCCCCCCCCCCCCCOC[C@H](CO[Si](c1ccccc1)(c1ccccc1)C(C)(C)C)OCc1cc(F)cc(C#N)c1. The van der Waals surface area contributed by atoms with Gasteiger partial charge in [0.15, 0.2) is 0 Å². The average molecular weight is 1220 g/mol. The zero-order chi connectivity index (χ0) is 62.7. The average Bonchev–Trinajstić information content (AvgIpc) is 1.10. The quantitative estimate of drug-likeness (QED) is 0.0344. The van der Waals surface area contributed by atoms with Crippen LogP contribution in [0, 0.1) is 34.3 Å². The Bertz CT molecular complexity index is 2320. The predicted octanol–water partition coefficient (Wildman–Crippen LogP) is 20.1. The van der Waals surface area contributed by atoms with E-state index in [9.17, 15) is 19.1 Å². The Morgan fingerprint density at radius 3 is 1.05 bits per heavy atom. The van der Waals surface area contributed by atoms with Gasteiger partial charge in [0.25, 0.3) is 8.32 Å². The maximum atomic E-state index is 14.2. The second-order valence-corrected chi connectivity index (χ2v) is 29.7. The lowest BCUT2D eigenvalue weighted by Gasteiger charge is -2.43. The number of nitrogens with zero attached hydrogens (tertiary/aromatic N) is 2. The highest BCUT2D eigenvalue weighted by Crippen LogP contribution is 2.37. The van der Waals surface area contributed by atoms with Crippen LogP contribution in [0.5, 0.6) is 0 Å². The van der Waals surface area contributed by atoms with E-state index in [1.54, 1.807) is 12.1 Å². The molecule has 0 spiro atoms. The molecule has 1 N–H and O–H groups in total. The number of rotatable bonds is 52. The van der Waals surface area contributed by atoms with Crippen molar-refractivity contribution in [2.75, 3.05) is 39.6 Å². The van der Waals surface area contributed by atoms with Gasteiger partial charge in [-0.05, 0) is 75.8 Å². The molecule has 0 radical (unpaired) electrons.